The van der Waals surface area contributed by atoms with E-state index >= 15 is 0 Å². The average molecular weight is 909 g/mol. The van der Waals surface area contributed by atoms with Gasteiger partial charge in [0.1, 0.15) is 31.7 Å². The average Bonchev–Trinajstić information content (AvgIpc) is 4.08. The molecule has 2 heterocycles. The minimum atomic E-state index is -0.652. The van der Waals surface area contributed by atoms with Crippen LogP contribution in [0.1, 0.15) is 148 Å². The molecule has 12 heteroatoms. The number of carbonyl (C=O) groups excluding carboxylic acids is 5. The van der Waals surface area contributed by atoms with Crippen LogP contribution in [-0.4, -0.2) is 93.7 Å². The van der Waals surface area contributed by atoms with Crippen molar-refractivity contribution in [3.8, 4) is 0 Å². The molecule has 11 fully saturated rings. The summed E-state index contributed by atoms with van der Waals surface area (Å²) in [4.78, 5) is 60.2. The molecule has 0 radical (unpaired) electrons. The van der Waals surface area contributed by atoms with Crippen LogP contribution in [0.4, 0.5) is 0 Å². The summed E-state index contributed by atoms with van der Waals surface area (Å²) < 4.78 is 33.9. The number of hydrogen-bond donors (Lipinski definition) is 1. The van der Waals surface area contributed by atoms with Crippen LogP contribution in [-0.2, 0) is 52.4 Å². The number of carbonyl (C=O) groups is 5. The molecule has 12 nitrogen and oxygen atoms in total. The maximum Gasteiger partial charge on any atom is 0.309 e. The van der Waals surface area contributed by atoms with Crippen molar-refractivity contribution in [2.45, 2.75) is 179 Å². The van der Waals surface area contributed by atoms with E-state index in [-0.39, 0.29) is 118 Å². The van der Waals surface area contributed by atoms with Gasteiger partial charge in [-0.05, 0) is 149 Å². The molecular formula is C52H92O12. The van der Waals surface area contributed by atoms with Gasteiger partial charge in [0.15, 0.2) is 0 Å². The molecule has 11 aliphatic rings. The molecule has 0 amide bonds. The van der Waals surface area contributed by atoms with Gasteiger partial charge in [0.2, 0.25) is 0 Å². The van der Waals surface area contributed by atoms with Gasteiger partial charge in [-0.15, -0.1) is 0 Å². The van der Waals surface area contributed by atoms with E-state index in [1.807, 2.05) is 20.6 Å². The number of hydrogen-bond acceptors (Lipinski definition) is 12. The lowest BCUT2D eigenvalue weighted by molar-refractivity contribution is -0.167. The Morgan fingerprint density at radius 3 is 1.94 bits per heavy atom. The Hall–Kier alpha value is -2.57. The predicted octanol–water partition coefficient (Wildman–Crippen LogP) is 9.40. The normalized spacial score (nSPS) is 41.0. The summed E-state index contributed by atoms with van der Waals surface area (Å²) in [6.07, 6.45) is 15.6. The number of esters is 4. The number of aliphatic hydroxyl groups excluding tert-OH is 1. The molecule has 8 bridgehead atoms. The smallest absolute Gasteiger partial charge is 0.309 e. The maximum absolute atomic E-state index is 13.4. The third kappa shape index (κ3) is 10.3. The molecule has 1 N–H and O–H groups in total. The molecule has 64 heavy (non-hydrogen) atoms. The van der Waals surface area contributed by atoms with E-state index in [2.05, 4.69) is 0 Å². The van der Waals surface area contributed by atoms with E-state index < -0.39 is 29.8 Å². The topological polar surface area (TPSA) is 164 Å². The van der Waals surface area contributed by atoms with Crippen LogP contribution in [0.3, 0.4) is 0 Å². The highest BCUT2D eigenvalue weighted by Crippen LogP contribution is 2.68. The lowest BCUT2D eigenvalue weighted by Crippen LogP contribution is -2.39. The van der Waals surface area contributed by atoms with Crippen LogP contribution >= 0.6 is 0 Å². The van der Waals surface area contributed by atoms with Crippen LogP contribution in [0.2, 0.25) is 0 Å². The Bertz CT molecular complexity index is 1520. The van der Waals surface area contributed by atoms with Crippen LogP contribution in [0.15, 0.2) is 0 Å². The van der Waals surface area contributed by atoms with Crippen LogP contribution in [0.5, 0.6) is 0 Å². The lowest BCUT2D eigenvalue weighted by Gasteiger charge is -2.38. The zero-order valence-electron chi connectivity index (χ0n) is 35.1. The van der Waals surface area contributed by atoms with Crippen LogP contribution < -0.4 is 0 Å². The molecule has 372 valence electrons. The monoisotopic (exact) mass is 909 g/mol. The van der Waals surface area contributed by atoms with E-state index in [1.54, 1.807) is 20.0 Å². The molecule has 0 aromatic carbocycles. The molecule has 21 unspecified atom stereocenters. The number of methoxy groups -OCH3 is 1. The molecule has 21 atom stereocenters. The zero-order valence-corrected chi connectivity index (χ0v) is 35.1. The zero-order chi connectivity index (χ0) is 41.0. The Labute approximate surface area is 388 Å². The number of ether oxygens (including phenoxy) is 6. The molecule has 0 aromatic rings. The fourth-order valence-corrected chi connectivity index (χ4v) is 15.4. The van der Waals surface area contributed by atoms with E-state index in [1.165, 1.54) is 38.5 Å². The summed E-state index contributed by atoms with van der Waals surface area (Å²) in [5, 5.41) is 7.00. The molecule has 2 aliphatic heterocycles. The standard InChI is InChI=1S/C34H48O9.C10H14O.CH4O.CH2O.6CH4/c1-4-17(33(37)42-29-21-13-23-24(14-21)34(38)43-30(23)29)10-22(32(36)40-8-7-39-3)9-16(2)31(35)41-26-15-20-12-25(26)28-19-6-5-18(11-19)27(20)28;1-2-6-3-5(1)7-4-8-10(11-8)9(6)7;2*1-2;;;;;;/h16-30H,4-15H2,1-3H3;5-10H,1-4H2;2H,1H3;1H2;6*1H4. The second kappa shape index (κ2) is 23.9. The SMILES string of the molecule is C.C.C.C.C.C.C1CC2CC1C1CC3OC3C21.C=O.CCC(CC(CC(C)C(=O)OC1CC2CC1C1C3CCC(C3)C21)C(=O)OCCOC)C(=O)OC1C2CC3C(=O)OC1C3C2.CO. The maximum atomic E-state index is 13.4. The van der Waals surface area contributed by atoms with Gasteiger partial charge >= 0.3 is 23.9 Å². The number of epoxide rings is 1. The minimum absolute atomic E-state index is 0. The Balaban J connectivity index is 0.000000570. The van der Waals surface area contributed by atoms with Crippen molar-refractivity contribution < 1.29 is 57.5 Å². The van der Waals surface area contributed by atoms with Gasteiger partial charge in [-0.2, -0.15) is 0 Å². The van der Waals surface area contributed by atoms with E-state index in [9.17, 15) is 19.2 Å². The molecule has 11 rings (SSSR count). The summed E-state index contributed by atoms with van der Waals surface area (Å²) >= 11 is 0. The summed E-state index contributed by atoms with van der Waals surface area (Å²) in [6.45, 7) is 6.11. The Morgan fingerprint density at radius 2 is 1.28 bits per heavy atom. The van der Waals surface area contributed by atoms with Crippen LogP contribution in [0, 0.1) is 94.7 Å². The van der Waals surface area contributed by atoms with Gasteiger partial charge in [-0.3, -0.25) is 19.2 Å². The lowest BCUT2D eigenvalue weighted by atomic mass is 9.70. The van der Waals surface area contributed by atoms with Crippen molar-refractivity contribution in [3.63, 3.8) is 0 Å². The first-order valence-electron chi connectivity index (χ1n) is 22.9. The van der Waals surface area contributed by atoms with Crippen molar-refractivity contribution in [1.82, 2.24) is 0 Å². The largest absolute Gasteiger partial charge is 0.463 e. The Morgan fingerprint density at radius 1 is 0.656 bits per heavy atom. The fraction of sp³-hybridized carbons (Fsp3) is 0.904. The van der Waals surface area contributed by atoms with Crippen molar-refractivity contribution in [1.29, 1.82) is 0 Å². The van der Waals surface area contributed by atoms with Crippen LogP contribution in [0.25, 0.3) is 0 Å². The van der Waals surface area contributed by atoms with E-state index in [4.69, 9.17) is 38.3 Å². The molecule has 9 aliphatic carbocycles. The van der Waals surface area contributed by atoms with Gasteiger partial charge in [0, 0.05) is 26.1 Å². The summed E-state index contributed by atoms with van der Waals surface area (Å²) in [6, 6.07) is 0. The molecule has 0 aromatic heterocycles. The first kappa shape index (κ1) is 57.6. The highest BCUT2D eigenvalue weighted by molar-refractivity contribution is 5.79. The molecule has 0 spiro atoms. The number of rotatable bonds is 13. The number of aliphatic hydroxyl groups is 1. The highest BCUT2D eigenvalue weighted by Gasteiger charge is 2.66. The third-order valence-corrected chi connectivity index (χ3v) is 17.6. The van der Waals surface area contributed by atoms with Gasteiger partial charge in [0.25, 0.3) is 0 Å². The fourth-order valence-electron chi connectivity index (χ4n) is 15.4. The molecule has 9 saturated carbocycles. The first-order chi connectivity index (χ1) is 28.2. The van der Waals surface area contributed by atoms with Crippen molar-refractivity contribution in [3.05, 3.63) is 0 Å². The molecular weight excluding hydrogens is 817 g/mol. The Kier molecular flexibility index (Phi) is 21.5. The van der Waals surface area contributed by atoms with Crippen molar-refractivity contribution in [2.75, 3.05) is 27.4 Å². The first-order valence-corrected chi connectivity index (χ1v) is 22.9. The number of fused-ring (bicyclic) bond motifs is 17. The van der Waals surface area contributed by atoms with E-state index in [0.29, 0.717) is 24.7 Å². The predicted molar refractivity (Wildman–Crippen MR) is 249 cm³/mol. The second-order valence-corrected chi connectivity index (χ2v) is 19.9. The second-order valence-electron chi connectivity index (χ2n) is 19.9. The van der Waals surface area contributed by atoms with E-state index in [0.717, 1.165) is 79.5 Å². The summed E-state index contributed by atoms with van der Waals surface area (Å²) in [7, 11) is 2.54. The summed E-state index contributed by atoms with van der Waals surface area (Å²) in [5.74, 6) is 6.22. The van der Waals surface area contributed by atoms with Gasteiger partial charge in [-0.1, -0.05) is 58.4 Å². The van der Waals surface area contributed by atoms with Gasteiger partial charge in [-0.25, -0.2) is 0 Å². The minimum Gasteiger partial charge on any atom is -0.463 e. The third-order valence-electron chi connectivity index (χ3n) is 17.6. The van der Waals surface area contributed by atoms with Crippen molar-refractivity contribution >= 4 is 30.7 Å². The highest BCUT2D eigenvalue weighted by atomic mass is 16.6. The quantitative estimate of drug-likeness (QED) is 0.0613. The summed E-state index contributed by atoms with van der Waals surface area (Å²) in [5.41, 5.74) is 0. The van der Waals surface area contributed by atoms with Crippen molar-refractivity contribution in [2.24, 2.45) is 94.7 Å². The molecule has 2 saturated heterocycles. The van der Waals surface area contributed by atoms with Gasteiger partial charge in [0.05, 0.1) is 42.5 Å². The van der Waals surface area contributed by atoms with Gasteiger partial charge < -0.3 is 38.3 Å².